The smallest absolute Gasteiger partial charge is 0.269 e. The van der Waals surface area contributed by atoms with E-state index in [-0.39, 0.29) is 17.2 Å². The van der Waals surface area contributed by atoms with Crippen LogP contribution in [0.1, 0.15) is 29.2 Å². The molecule has 0 spiro atoms. The predicted molar refractivity (Wildman–Crippen MR) is 83.2 cm³/mol. The lowest BCUT2D eigenvalue weighted by Gasteiger charge is -2.08. The molecule has 0 saturated heterocycles. The lowest BCUT2D eigenvalue weighted by molar-refractivity contribution is -0.119. The van der Waals surface area contributed by atoms with Gasteiger partial charge in [0.05, 0.1) is 5.75 Å². The quantitative estimate of drug-likeness (QED) is 0.647. The zero-order chi connectivity index (χ0) is 16.2. The Hall–Kier alpha value is -2.35. The van der Waals surface area contributed by atoms with Crippen LogP contribution in [0, 0.1) is 5.82 Å². The number of benzene rings is 1. The van der Waals surface area contributed by atoms with Gasteiger partial charge in [-0.3, -0.25) is 20.4 Å². The van der Waals surface area contributed by atoms with Crippen molar-refractivity contribution in [1.82, 2.24) is 20.4 Å². The van der Waals surface area contributed by atoms with Gasteiger partial charge in [0, 0.05) is 24.0 Å². The van der Waals surface area contributed by atoms with E-state index >= 15 is 0 Å². The summed E-state index contributed by atoms with van der Waals surface area (Å²) in [6, 6.07) is 5.56. The van der Waals surface area contributed by atoms with Crippen molar-refractivity contribution >= 4 is 23.6 Å². The van der Waals surface area contributed by atoms with Crippen molar-refractivity contribution in [3.05, 3.63) is 48.0 Å². The van der Waals surface area contributed by atoms with Gasteiger partial charge in [-0.15, -0.1) is 0 Å². The predicted octanol–water partition coefficient (Wildman–Crippen LogP) is 1.91. The summed E-state index contributed by atoms with van der Waals surface area (Å²) in [6.07, 6.45) is 5.91. The summed E-state index contributed by atoms with van der Waals surface area (Å²) in [7, 11) is 0. The third kappa shape index (κ3) is 4.10. The fraction of sp³-hybridized carbons (Fsp3) is 0.267. The van der Waals surface area contributed by atoms with Crippen LogP contribution in [0.5, 0.6) is 0 Å². The highest BCUT2D eigenvalue weighted by atomic mass is 32.2. The molecule has 23 heavy (non-hydrogen) atoms. The molecule has 0 unspecified atom stereocenters. The Morgan fingerprint density at radius 3 is 2.70 bits per heavy atom. The van der Waals surface area contributed by atoms with E-state index in [4.69, 9.17) is 0 Å². The molecule has 1 saturated carbocycles. The second-order valence-corrected chi connectivity index (χ2v) is 6.09. The first-order valence-electron chi connectivity index (χ1n) is 7.14. The van der Waals surface area contributed by atoms with E-state index in [1.807, 2.05) is 6.20 Å². The number of imidazole rings is 1. The average molecular weight is 334 g/mol. The number of hydrogen-bond donors (Lipinski definition) is 2. The zero-order valence-electron chi connectivity index (χ0n) is 12.2. The zero-order valence-corrected chi connectivity index (χ0v) is 13.0. The maximum Gasteiger partial charge on any atom is 0.269 e. The van der Waals surface area contributed by atoms with Gasteiger partial charge in [-0.25, -0.2) is 9.37 Å². The normalized spacial score (nSPS) is 13.6. The standard InChI is InChI=1S/C15H15FN4O2S/c16-11-3-1-10(2-4-11)14(22)19-18-13(21)9-23-15-17-7-8-20(15)12-5-6-12/h1-4,7-8,12H,5-6,9H2,(H,18,21)(H,19,22). The molecule has 8 heteroatoms. The summed E-state index contributed by atoms with van der Waals surface area (Å²) in [5, 5.41) is 0.799. The summed E-state index contributed by atoms with van der Waals surface area (Å²) in [5.41, 5.74) is 4.90. The fourth-order valence-electron chi connectivity index (χ4n) is 2.01. The average Bonchev–Trinajstić information content (AvgIpc) is 3.29. The monoisotopic (exact) mass is 334 g/mol. The van der Waals surface area contributed by atoms with Crippen LogP contribution in [-0.2, 0) is 4.79 Å². The molecule has 2 N–H and O–H groups in total. The molecule has 0 radical (unpaired) electrons. The third-order valence-corrected chi connectivity index (χ3v) is 4.31. The summed E-state index contributed by atoms with van der Waals surface area (Å²) < 4.78 is 14.8. The molecule has 3 rings (SSSR count). The van der Waals surface area contributed by atoms with E-state index < -0.39 is 11.7 Å². The molecule has 1 aliphatic rings. The molecule has 1 heterocycles. The van der Waals surface area contributed by atoms with Crippen molar-refractivity contribution in [2.75, 3.05) is 5.75 Å². The Bertz CT molecular complexity index is 713. The highest BCUT2D eigenvalue weighted by molar-refractivity contribution is 7.99. The Balaban J connectivity index is 1.45. The molecular formula is C15H15FN4O2S. The molecule has 6 nitrogen and oxygen atoms in total. The fourth-order valence-corrected chi connectivity index (χ4v) is 2.83. The first-order chi connectivity index (χ1) is 11.1. The van der Waals surface area contributed by atoms with Crippen molar-refractivity contribution < 1.29 is 14.0 Å². The van der Waals surface area contributed by atoms with Gasteiger partial charge in [0.25, 0.3) is 5.91 Å². The molecule has 120 valence electrons. The minimum atomic E-state index is -0.497. The number of hydrogen-bond acceptors (Lipinski definition) is 4. The molecule has 0 aliphatic heterocycles. The van der Waals surface area contributed by atoms with E-state index in [1.165, 1.54) is 36.0 Å². The number of carbonyl (C=O) groups is 2. The molecule has 1 aromatic carbocycles. The van der Waals surface area contributed by atoms with Crippen molar-refractivity contribution in [1.29, 1.82) is 0 Å². The lowest BCUT2D eigenvalue weighted by atomic mass is 10.2. The topological polar surface area (TPSA) is 76.0 Å². The highest BCUT2D eigenvalue weighted by Gasteiger charge is 2.25. The van der Waals surface area contributed by atoms with E-state index in [0.717, 1.165) is 18.0 Å². The number of rotatable bonds is 5. The number of hydrazine groups is 1. The minimum Gasteiger partial charge on any atom is -0.323 e. The summed E-state index contributed by atoms with van der Waals surface area (Å²) in [6.45, 7) is 0. The summed E-state index contributed by atoms with van der Waals surface area (Å²) in [4.78, 5) is 27.8. The van der Waals surface area contributed by atoms with Crippen molar-refractivity contribution in [3.8, 4) is 0 Å². The van der Waals surface area contributed by atoms with Gasteiger partial charge >= 0.3 is 0 Å². The lowest BCUT2D eigenvalue weighted by Crippen LogP contribution is -2.42. The van der Waals surface area contributed by atoms with E-state index in [9.17, 15) is 14.0 Å². The molecule has 1 aliphatic carbocycles. The van der Waals surface area contributed by atoms with E-state index in [2.05, 4.69) is 20.4 Å². The van der Waals surface area contributed by atoms with Crippen LogP contribution in [0.25, 0.3) is 0 Å². The molecule has 1 aromatic heterocycles. The Morgan fingerprint density at radius 2 is 2.00 bits per heavy atom. The summed E-state index contributed by atoms with van der Waals surface area (Å²) >= 11 is 1.32. The van der Waals surface area contributed by atoms with Crippen molar-refractivity contribution in [2.45, 2.75) is 24.0 Å². The first kappa shape index (κ1) is 15.5. The van der Waals surface area contributed by atoms with Gasteiger partial charge in [-0.2, -0.15) is 0 Å². The maximum atomic E-state index is 12.8. The van der Waals surface area contributed by atoms with E-state index in [0.29, 0.717) is 6.04 Å². The van der Waals surface area contributed by atoms with Crippen LogP contribution in [0.2, 0.25) is 0 Å². The van der Waals surface area contributed by atoms with Crippen molar-refractivity contribution in [3.63, 3.8) is 0 Å². The number of amides is 2. The second kappa shape index (κ2) is 6.82. The van der Waals surface area contributed by atoms with Gasteiger partial charge in [0.15, 0.2) is 5.16 Å². The number of aromatic nitrogens is 2. The first-order valence-corrected chi connectivity index (χ1v) is 8.12. The molecule has 2 amide bonds. The van der Waals surface area contributed by atoms with Gasteiger partial charge in [0.2, 0.25) is 5.91 Å². The van der Waals surface area contributed by atoms with Crippen LogP contribution in [0.15, 0.2) is 41.8 Å². The van der Waals surface area contributed by atoms with Gasteiger partial charge in [-0.05, 0) is 37.1 Å². The minimum absolute atomic E-state index is 0.146. The van der Waals surface area contributed by atoms with E-state index in [1.54, 1.807) is 6.20 Å². The number of thioether (sulfide) groups is 1. The number of nitrogens with one attached hydrogen (secondary N) is 2. The molecule has 1 fully saturated rings. The Kier molecular flexibility index (Phi) is 4.61. The van der Waals surface area contributed by atoms with Crippen LogP contribution in [0.4, 0.5) is 4.39 Å². The SMILES string of the molecule is O=C(CSc1nccn1C1CC1)NNC(=O)c1ccc(F)cc1. The maximum absolute atomic E-state index is 12.8. The molecule has 0 bridgehead atoms. The van der Waals surface area contributed by atoms with Crippen LogP contribution < -0.4 is 10.9 Å². The van der Waals surface area contributed by atoms with Crippen LogP contribution in [0.3, 0.4) is 0 Å². The second-order valence-electron chi connectivity index (χ2n) is 5.15. The number of halogens is 1. The third-order valence-electron chi connectivity index (χ3n) is 3.33. The Morgan fingerprint density at radius 1 is 1.26 bits per heavy atom. The van der Waals surface area contributed by atoms with Gasteiger partial charge in [0.1, 0.15) is 5.82 Å². The molecule has 2 aromatic rings. The Labute approximate surface area is 136 Å². The highest BCUT2D eigenvalue weighted by Crippen LogP contribution is 2.37. The summed E-state index contributed by atoms with van der Waals surface area (Å²) in [5.74, 6) is -1.11. The largest absolute Gasteiger partial charge is 0.323 e. The van der Waals surface area contributed by atoms with Crippen LogP contribution >= 0.6 is 11.8 Å². The van der Waals surface area contributed by atoms with Gasteiger partial charge < -0.3 is 4.57 Å². The van der Waals surface area contributed by atoms with Crippen LogP contribution in [-0.4, -0.2) is 27.1 Å². The number of nitrogens with zero attached hydrogens (tertiary/aromatic N) is 2. The molecule has 0 atom stereocenters. The number of carbonyl (C=O) groups excluding carboxylic acids is 2. The van der Waals surface area contributed by atoms with Gasteiger partial charge in [-0.1, -0.05) is 11.8 Å². The van der Waals surface area contributed by atoms with Crippen molar-refractivity contribution in [2.24, 2.45) is 0 Å². The molecular weight excluding hydrogens is 319 g/mol.